The molecule has 0 N–H and O–H groups in total. The molecule has 1 saturated heterocycles. The van der Waals surface area contributed by atoms with E-state index in [4.69, 9.17) is 23.2 Å². The van der Waals surface area contributed by atoms with Crippen LogP contribution in [0.4, 0.5) is 5.69 Å². The van der Waals surface area contributed by atoms with Gasteiger partial charge in [-0.1, -0.05) is 35.9 Å². The highest BCUT2D eigenvalue weighted by Crippen LogP contribution is 2.45. The SMILES string of the molecule is O=C1[C@H](Cl)[C@@H](c2cc3ccccc3cc2-n2cncn2)N1c1ccc(Cl)cc1. The van der Waals surface area contributed by atoms with Gasteiger partial charge in [-0.2, -0.15) is 5.10 Å². The number of hydrogen-bond acceptors (Lipinski definition) is 3. The van der Waals surface area contributed by atoms with Crippen molar-refractivity contribution in [2.24, 2.45) is 0 Å². The van der Waals surface area contributed by atoms with Gasteiger partial charge in [0.2, 0.25) is 5.91 Å². The molecule has 5 nitrogen and oxygen atoms in total. The minimum atomic E-state index is -0.654. The number of alkyl halides is 1. The van der Waals surface area contributed by atoms with E-state index in [9.17, 15) is 4.79 Å². The highest BCUT2D eigenvalue weighted by atomic mass is 35.5. The minimum Gasteiger partial charge on any atom is -0.301 e. The van der Waals surface area contributed by atoms with Crippen LogP contribution in [0, 0.1) is 0 Å². The fourth-order valence-corrected chi connectivity index (χ4v) is 4.13. The summed E-state index contributed by atoms with van der Waals surface area (Å²) in [4.78, 5) is 18.4. The monoisotopic (exact) mass is 408 g/mol. The highest BCUT2D eigenvalue weighted by Gasteiger charge is 2.49. The van der Waals surface area contributed by atoms with Gasteiger partial charge in [0.15, 0.2) is 0 Å². The molecule has 1 aliphatic heterocycles. The van der Waals surface area contributed by atoms with Crippen molar-refractivity contribution < 1.29 is 4.79 Å². The first kappa shape index (κ1) is 17.2. The van der Waals surface area contributed by atoms with Crippen LogP contribution in [0.1, 0.15) is 11.6 Å². The van der Waals surface area contributed by atoms with Crippen molar-refractivity contribution in [3.05, 3.63) is 83.9 Å². The zero-order valence-electron chi connectivity index (χ0n) is 14.5. The lowest BCUT2D eigenvalue weighted by Gasteiger charge is -2.45. The summed E-state index contributed by atoms with van der Waals surface area (Å²) in [6.07, 6.45) is 3.13. The molecule has 138 valence electrons. The highest BCUT2D eigenvalue weighted by molar-refractivity contribution is 6.37. The molecule has 2 heterocycles. The van der Waals surface area contributed by atoms with Crippen LogP contribution in [0.5, 0.6) is 0 Å². The fraction of sp³-hybridized carbons (Fsp3) is 0.0952. The van der Waals surface area contributed by atoms with Crippen molar-refractivity contribution in [2.45, 2.75) is 11.4 Å². The Morgan fingerprint density at radius 1 is 0.964 bits per heavy atom. The van der Waals surface area contributed by atoms with Crippen LogP contribution in [0.25, 0.3) is 16.5 Å². The van der Waals surface area contributed by atoms with Crippen LogP contribution in [-0.4, -0.2) is 26.0 Å². The van der Waals surface area contributed by atoms with E-state index in [0.717, 1.165) is 27.7 Å². The topological polar surface area (TPSA) is 51.0 Å². The van der Waals surface area contributed by atoms with Crippen molar-refractivity contribution in [1.82, 2.24) is 14.8 Å². The molecule has 0 aliphatic carbocycles. The van der Waals surface area contributed by atoms with E-state index in [1.807, 2.05) is 42.5 Å². The first-order valence-electron chi connectivity index (χ1n) is 8.74. The molecule has 1 amide bonds. The average Bonchev–Trinajstić information content (AvgIpc) is 3.26. The number of carbonyl (C=O) groups excluding carboxylic acids is 1. The molecular weight excluding hydrogens is 395 g/mol. The Bertz CT molecular complexity index is 1170. The van der Waals surface area contributed by atoms with Crippen molar-refractivity contribution in [2.75, 3.05) is 4.90 Å². The minimum absolute atomic E-state index is 0.133. The van der Waals surface area contributed by atoms with E-state index in [-0.39, 0.29) is 11.9 Å². The number of halogens is 2. The summed E-state index contributed by atoms with van der Waals surface area (Å²) in [6.45, 7) is 0. The molecule has 5 rings (SSSR count). The van der Waals surface area contributed by atoms with E-state index >= 15 is 0 Å². The lowest BCUT2D eigenvalue weighted by molar-refractivity contribution is -0.123. The quantitative estimate of drug-likeness (QED) is 0.362. The smallest absolute Gasteiger partial charge is 0.248 e. The summed E-state index contributed by atoms with van der Waals surface area (Å²) in [5.41, 5.74) is 2.52. The van der Waals surface area contributed by atoms with Gasteiger partial charge in [0, 0.05) is 16.3 Å². The van der Waals surface area contributed by atoms with E-state index in [1.165, 1.54) is 6.33 Å². The first-order chi connectivity index (χ1) is 13.6. The Morgan fingerprint density at radius 2 is 1.68 bits per heavy atom. The van der Waals surface area contributed by atoms with Gasteiger partial charge < -0.3 is 4.90 Å². The van der Waals surface area contributed by atoms with Crippen molar-refractivity contribution in [3.63, 3.8) is 0 Å². The van der Waals surface area contributed by atoms with Gasteiger partial charge in [-0.15, -0.1) is 11.6 Å². The maximum absolute atomic E-state index is 12.6. The van der Waals surface area contributed by atoms with Gasteiger partial charge in [0.05, 0.1) is 11.7 Å². The third kappa shape index (κ3) is 2.66. The Balaban J connectivity index is 1.69. The number of aromatic nitrogens is 3. The van der Waals surface area contributed by atoms with Gasteiger partial charge >= 0.3 is 0 Å². The zero-order chi connectivity index (χ0) is 19.3. The lowest BCUT2D eigenvalue weighted by Crippen LogP contribution is -2.56. The van der Waals surface area contributed by atoms with Gasteiger partial charge in [-0.05, 0) is 47.2 Å². The molecule has 0 radical (unpaired) electrons. The van der Waals surface area contributed by atoms with E-state index in [2.05, 4.69) is 16.1 Å². The normalized spacial score (nSPS) is 19.1. The molecule has 0 spiro atoms. The number of β-lactam (4-membered cyclic amide) rings is 1. The number of nitrogens with zero attached hydrogens (tertiary/aromatic N) is 4. The molecule has 7 heteroatoms. The second-order valence-electron chi connectivity index (χ2n) is 6.63. The second kappa shape index (κ2) is 6.62. The number of anilines is 1. The largest absolute Gasteiger partial charge is 0.301 e. The second-order valence-corrected chi connectivity index (χ2v) is 7.54. The molecule has 0 saturated carbocycles. The molecule has 28 heavy (non-hydrogen) atoms. The number of benzene rings is 3. The maximum atomic E-state index is 12.6. The summed E-state index contributed by atoms with van der Waals surface area (Å²) in [5.74, 6) is -0.133. The summed E-state index contributed by atoms with van der Waals surface area (Å²) >= 11 is 12.5. The van der Waals surface area contributed by atoms with Crippen LogP contribution in [0.2, 0.25) is 5.02 Å². The van der Waals surface area contributed by atoms with Crippen LogP contribution in [0.3, 0.4) is 0 Å². The number of amides is 1. The van der Waals surface area contributed by atoms with E-state index < -0.39 is 5.38 Å². The van der Waals surface area contributed by atoms with Gasteiger partial charge in [0.25, 0.3) is 0 Å². The summed E-state index contributed by atoms with van der Waals surface area (Å²) in [6, 6.07) is 19.0. The Kier molecular flexibility index (Phi) is 4.07. The predicted molar refractivity (Wildman–Crippen MR) is 110 cm³/mol. The molecule has 1 fully saturated rings. The van der Waals surface area contributed by atoms with Gasteiger partial charge in [0.1, 0.15) is 18.0 Å². The molecule has 4 aromatic rings. The lowest BCUT2D eigenvalue weighted by atomic mass is 9.89. The Labute approximate surface area is 171 Å². The maximum Gasteiger partial charge on any atom is 0.248 e. The standard InChI is InChI=1S/C21H14Cl2N4O/c22-15-5-7-16(8-6-15)27-20(19(23)21(27)28)17-9-13-3-1-2-4-14(13)10-18(17)26-12-24-11-25-26/h1-12,19-20H/t19-,20-/m1/s1. The molecule has 1 aliphatic rings. The van der Waals surface area contributed by atoms with Crippen molar-refractivity contribution >= 4 is 45.6 Å². The number of hydrogen-bond donors (Lipinski definition) is 0. The summed E-state index contributed by atoms with van der Waals surface area (Å²) < 4.78 is 1.70. The molecule has 0 unspecified atom stereocenters. The summed E-state index contributed by atoms with van der Waals surface area (Å²) in [7, 11) is 0. The fourth-order valence-electron chi connectivity index (χ4n) is 3.65. The molecule has 3 aromatic carbocycles. The van der Waals surface area contributed by atoms with Crippen molar-refractivity contribution in [3.8, 4) is 5.69 Å². The number of carbonyl (C=O) groups is 1. The summed E-state index contributed by atoms with van der Waals surface area (Å²) in [5, 5.41) is 6.40. The van der Waals surface area contributed by atoms with Crippen LogP contribution in [-0.2, 0) is 4.79 Å². The average molecular weight is 409 g/mol. The van der Waals surface area contributed by atoms with E-state index in [0.29, 0.717) is 5.02 Å². The molecule has 0 bridgehead atoms. The number of rotatable bonds is 3. The molecular formula is C21H14Cl2N4O. The van der Waals surface area contributed by atoms with Gasteiger partial charge in [-0.25, -0.2) is 9.67 Å². The zero-order valence-corrected chi connectivity index (χ0v) is 16.0. The van der Waals surface area contributed by atoms with Crippen LogP contribution < -0.4 is 4.90 Å². The Hall–Kier alpha value is -2.89. The van der Waals surface area contributed by atoms with Crippen molar-refractivity contribution in [1.29, 1.82) is 0 Å². The van der Waals surface area contributed by atoms with Gasteiger partial charge in [-0.3, -0.25) is 4.79 Å². The van der Waals surface area contributed by atoms with Crippen LogP contribution >= 0.6 is 23.2 Å². The molecule has 2 atom stereocenters. The molecule has 1 aromatic heterocycles. The first-order valence-corrected chi connectivity index (χ1v) is 9.55. The number of fused-ring (bicyclic) bond motifs is 1. The third-order valence-electron chi connectivity index (χ3n) is 5.01. The predicted octanol–water partition coefficient (Wildman–Crippen LogP) is 4.77. The Morgan fingerprint density at radius 3 is 2.36 bits per heavy atom. The van der Waals surface area contributed by atoms with Crippen LogP contribution in [0.15, 0.2) is 73.3 Å². The van der Waals surface area contributed by atoms with E-state index in [1.54, 1.807) is 28.0 Å². The third-order valence-corrected chi connectivity index (χ3v) is 5.69.